The Kier molecular flexibility index (Phi) is 3.59. The molecule has 81 valence electrons. The van der Waals surface area contributed by atoms with Crippen molar-refractivity contribution in [1.29, 1.82) is 5.26 Å². The summed E-state index contributed by atoms with van der Waals surface area (Å²) in [5.41, 5.74) is 1.13. The molecule has 0 aliphatic carbocycles. The van der Waals surface area contributed by atoms with Crippen molar-refractivity contribution >= 4 is 18.0 Å². The van der Waals surface area contributed by atoms with Crippen molar-refractivity contribution in [3.8, 4) is 6.07 Å². The quantitative estimate of drug-likeness (QED) is 0.824. The molecule has 3 heteroatoms. The molecule has 0 saturated heterocycles. The Morgan fingerprint density at radius 3 is 2.00 bits per heavy atom. The summed E-state index contributed by atoms with van der Waals surface area (Å²) in [6, 6.07) is 16.7. The maximum atomic E-state index is 10.8. The molecule has 17 heavy (non-hydrogen) atoms. The molecular weight excluding hydrogens is 230 g/mol. The summed E-state index contributed by atoms with van der Waals surface area (Å²) in [6.07, 6.45) is 1.90. The first-order valence-electron chi connectivity index (χ1n) is 4.99. The Labute approximate surface area is 104 Å². The van der Waals surface area contributed by atoms with Gasteiger partial charge in [0.25, 0.3) is 0 Å². The zero-order chi connectivity index (χ0) is 12.1. The summed E-state index contributed by atoms with van der Waals surface area (Å²) in [4.78, 5) is 12.4. The fourth-order valence-corrected chi connectivity index (χ4v) is 2.38. The van der Waals surface area contributed by atoms with Crippen molar-refractivity contribution in [3.63, 3.8) is 0 Å². The molecule has 0 aliphatic rings. The molecule has 2 aromatic rings. The first kappa shape index (κ1) is 11.4. The van der Waals surface area contributed by atoms with E-state index in [4.69, 9.17) is 5.26 Å². The molecule has 0 spiro atoms. The van der Waals surface area contributed by atoms with E-state index in [0.29, 0.717) is 11.1 Å². The van der Waals surface area contributed by atoms with E-state index in [-0.39, 0.29) is 0 Å². The van der Waals surface area contributed by atoms with E-state index in [1.165, 1.54) is 11.8 Å². The van der Waals surface area contributed by atoms with Crippen molar-refractivity contribution < 1.29 is 4.79 Å². The van der Waals surface area contributed by atoms with E-state index >= 15 is 0 Å². The van der Waals surface area contributed by atoms with E-state index in [1.54, 1.807) is 18.2 Å². The summed E-state index contributed by atoms with van der Waals surface area (Å²) in [7, 11) is 0. The van der Waals surface area contributed by atoms with Gasteiger partial charge in [-0.1, -0.05) is 36.0 Å². The molecule has 0 amide bonds. The van der Waals surface area contributed by atoms with Gasteiger partial charge in [-0.05, 0) is 24.3 Å². The molecule has 1 radical (unpaired) electrons. The molecule has 0 bridgehead atoms. The summed E-state index contributed by atoms with van der Waals surface area (Å²) < 4.78 is 0. The minimum Gasteiger partial charge on any atom is -0.285 e. The zero-order valence-corrected chi connectivity index (χ0v) is 9.70. The number of hydrogen-bond donors (Lipinski definition) is 0. The van der Waals surface area contributed by atoms with Crippen LogP contribution >= 0.6 is 11.8 Å². The van der Waals surface area contributed by atoms with E-state index in [0.717, 1.165) is 9.79 Å². The van der Waals surface area contributed by atoms with E-state index < -0.39 is 0 Å². The Morgan fingerprint density at radius 2 is 1.41 bits per heavy atom. The van der Waals surface area contributed by atoms with Crippen molar-refractivity contribution in [2.75, 3.05) is 0 Å². The molecule has 0 heterocycles. The Hall–Kier alpha value is -2.05. The number of rotatable bonds is 3. The van der Waals surface area contributed by atoms with E-state index in [9.17, 15) is 4.79 Å². The highest BCUT2D eigenvalue weighted by Crippen LogP contribution is 2.31. The van der Waals surface area contributed by atoms with Crippen LogP contribution in [0.15, 0.2) is 58.3 Å². The molecule has 0 saturated carbocycles. The lowest BCUT2D eigenvalue weighted by atomic mass is 10.2. The van der Waals surface area contributed by atoms with Crippen molar-refractivity contribution in [3.05, 3.63) is 59.7 Å². The van der Waals surface area contributed by atoms with Gasteiger partial charge in [-0.2, -0.15) is 5.26 Å². The van der Waals surface area contributed by atoms with Crippen molar-refractivity contribution in [2.24, 2.45) is 0 Å². The van der Waals surface area contributed by atoms with Crippen LogP contribution in [0.4, 0.5) is 0 Å². The Morgan fingerprint density at radius 1 is 0.882 bits per heavy atom. The minimum atomic E-state index is 0.519. The molecule has 0 aromatic heterocycles. The first-order chi connectivity index (χ1) is 8.35. The third-order valence-corrected chi connectivity index (χ3v) is 3.38. The van der Waals surface area contributed by atoms with Crippen LogP contribution in [0.3, 0.4) is 0 Å². The van der Waals surface area contributed by atoms with Crippen LogP contribution < -0.4 is 0 Å². The second-order valence-corrected chi connectivity index (χ2v) is 4.39. The lowest BCUT2D eigenvalue weighted by Gasteiger charge is -2.05. The number of nitriles is 1. The molecular formula is C14H8NOS. The van der Waals surface area contributed by atoms with E-state index in [2.05, 4.69) is 6.07 Å². The van der Waals surface area contributed by atoms with Gasteiger partial charge in [0.05, 0.1) is 5.56 Å². The summed E-state index contributed by atoms with van der Waals surface area (Å²) in [5.74, 6) is 0. The summed E-state index contributed by atoms with van der Waals surface area (Å²) >= 11 is 1.40. The monoisotopic (exact) mass is 238 g/mol. The fourth-order valence-electron chi connectivity index (χ4n) is 1.41. The lowest BCUT2D eigenvalue weighted by Crippen LogP contribution is -1.86. The maximum absolute atomic E-state index is 10.8. The van der Waals surface area contributed by atoms with Gasteiger partial charge in [0.15, 0.2) is 0 Å². The van der Waals surface area contributed by atoms with Gasteiger partial charge < -0.3 is 0 Å². The highest BCUT2D eigenvalue weighted by Gasteiger charge is 2.06. The minimum absolute atomic E-state index is 0.519. The highest BCUT2D eigenvalue weighted by atomic mass is 32.2. The molecule has 2 rings (SSSR count). The second kappa shape index (κ2) is 5.33. The third-order valence-electron chi connectivity index (χ3n) is 2.22. The fraction of sp³-hybridized carbons (Fsp3) is 0. The van der Waals surface area contributed by atoms with Gasteiger partial charge in [-0.15, -0.1) is 0 Å². The van der Waals surface area contributed by atoms with Gasteiger partial charge in [0.1, 0.15) is 6.07 Å². The normalized spacial score (nSPS) is 9.59. The van der Waals surface area contributed by atoms with Crippen LogP contribution in [0.25, 0.3) is 0 Å². The number of carbonyl (C=O) groups excluding carboxylic acids is 1. The number of benzene rings is 2. The molecule has 0 N–H and O–H groups in total. The van der Waals surface area contributed by atoms with Crippen LogP contribution in [0.1, 0.15) is 11.1 Å². The second-order valence-electron chi connectivity index (χ2n) is 3.31. The Bertz CT molecular complexity index is 587. The maximum Gasteiger partial charge on any atom is 0.234 e. The Balaban J connectivity index is 2.38. The van der Waals surface area contributed by atoms with Crippen molar-refractivity contribution in [1.82, 2.24) is 0 Å². The van der Waals surface area contributed by atoms with Crippen LogP contribution in [0.5, 0.6) is 0 Å². The van der Waals surface area contributed by atoms with Gasteiger partial charge in [0.2, 0.25) is 6.29 Å². The van der Waals surface area contributed by atoms with Crippen LogP contribution in [-0.2, 0) is 4.79 Å². The largest absolute Gasteiger partial charge is 0.285 e. The van der Waals surface area contributed by atoms with E-state index in [1.807, 2.05) is 36.6 Å². The lowest BCUT2D eigenvalue weighted by molar-refractivity contribution is 0.562. The first-order valence-corrected chi connectivity index (χ1v) is 5.81. The van der Waals surface area contributed by atoms with Crippen molar-refractivity contribution in [2.45, 2.75) is 9.79 Å². The zero-order valence-electron chi connectivity index (χ0n) is 8.88. The summed E-state index contributed by atoms with van der Waals surface area (Å²) in [6.45, 7) is 0. The average Bonchev–Trinajstić information content (AvgIpc) is 2.40. The van der Waals surface area contributed by atoms with Gasteiger partial charge >= 0.3 is 0 Å². The molecule has 0 fully saturated rings. The van der Waals surface area contributed by atoms with Crippen LogP contribution in [0.2, 0.25) is 0 Å². The number of hydrogen-bond acceptors (Lipinski definition) is 3. The average molecular weight is 238 g/mol. The third kappa shape index (κ3) is 2.55. The molecule has 0 aliphatic heterocycles. The predicted octanol–water partition coefficient (Wildman–Crippen LogP) is 3.17. The molecule has 2 nitrogen and oxygen atoms in total. The molecule has 0 atom stereocenters. The summed E-state index contributed by atoms with van der Waals surface area (Å²) in [5, 5.41) is 8.98. The van der Waals surface area contributed by atoms with Crippen LogP contribution in [0, 0.1) is 11.3 Å². The SMILES string of the molecule is N#Cc1ccccc1Sc1ccccc1[C]=O. The van der Waals surface area contributed by atoms with Gasteiger partial charge in [0, 0.05) is 15.4 Å². The standard InChI is InChI=1S/C14H8NOS/c15-9-11-5-1-3-7-13(11)17-14-8-4-2-6-12(14)10-16/h1-8H. The predicted molar refractivity (Wildman–Crippen MR) is 66.5 cm³/mol. The smallest absolute Gasteiger partial charge is 0.234 e. The topological polar surface area (TPSA) is 40.9 Å². The molecule has 0 unspecified atom stereocenters. The van der Waals surface area contributed by atoms with Gasteiger partial charge in [-0.25, -0.2) is 0 Å². The van der Waals surface area contributed by atoms with Crippen LogP contribution in [-0.4, -0.2) is 6.29 Å². The number of nitrogens with zero attached hydrogens (tertiary/aromatic N) is 1. The van der Waals surface area contributed by atoms with Gasteiger partial charge in [-0.3, -0.25) is 4.79 Å². The highest BCUT2D eigenvalue weighted by molar-refractivity contribution is 7.99. The molecule has 2 aromatic carbocycles.